The predicted molar refractivity (Wildman–Crippen MR) is 66.7 cm³/mol. The summed E-state index contributed by atoms with van der Waals surface area (Å²) in [6.45, 7) is 1.71. The van der Waals surface area contributed by atoms with Crippen molar-refractivity contribution in [2.24, 2.45) is 0 Å². The van der Waals surface area contributed by atoms with Crippen LogP contribution in [0.2, 0.25) is 0 Å². The monoisotopic (exact) mass is 252 g/mol. The summed E-state index contributed by atoms with van der Waals surface area (Å²) in [6, 6.07) is 0. The van der Waals surface area contributed by atoms with Gasteiger partial charge < -0.3 is 10.0 Å². The zero-order chi connectivity index (χ0) is 13.1. The number of carboxylic acids is 1. The fraction of sp³-hybridized carbons (Fsp3) is 0.750. The van der Waals surface area contributed by atoms with Gasteiger partial charge in [0.2, 0.25) is 0 Å². The van der Waals surface area contributed by atoms with Crippen LogP contribution in [-0.2, 0) is 6.54 Å². The normalized spacial score (nSPS) is 15.9. The van der Waals surface area contributed by atoms with Crippen molar-refractivity contribution in [2.75, 3.05) is 20.6 Å². The topological polar surface area (TPSA) is 71.2 Å². The van der Waals surface area contributed by atoms with Crippen LogP contribution in [0.25, 0.3) is 0 Å². The van der Waals surface area contributed by atoms with Crippen LogP contribution < -0.4 is 0 Å². The highest BCUT2D eigenvalue weighted by Gasteiger charge is 2.30. The van der Waals surface area contributed by atoms with Crippen LogP contribution in [0, 0.1) is 0 Å². The van der Waals surface area contributed by atoms with Gasteiger partial charge in [0.25, 0.3) is 0 Å². The molecule has 1 aromatic heterocycles. The summed E-state index contributed by atoms with van der Waals surface area (Å²) in [5.74, 6) is -0.624. The third-order valence-corrected chi connectivity index (χ3v) is 3.44. The Kier molecular flexibility index (Phi) is 3.96. The van der Waals surface area contributed by atoms with E-state index in [1.165, 1.54) is 6.42 Å². The molecular formula is C12H20N4O2. The number of carbonyl (C=O) groups is 1. The molecule has 0 aliphatic heterocycles. The van der Waals surface area contributed by atoms with Gasteiger partial charge in [-0.3, -0.25) is 0 Å². The average molecular weight is 252 g/mol. The highest BCUT2D eigenvalue weighted by atomic mass is 16.4. The number of rotatable bonds is 6. The van der Waals surface area contributed by atoms with Crippen LogP contribution in [0.5, 0.6) is 0 Å². The first-order chi connectivity index (χ1) is 8.59. The number of aromatic carboxylic acids is 1. The molecule has 6 nitrogen and oxygen atoms in total. The Bertz CT molecular complexity index is 424. The van der Waals surface area contributed by atoms with E-state index in [1.54, 1.807) is 4.68 Å². The Morgan fingerprint density at radius 2 is 2.22 bits per heavy atom. The number of aryl methyl sites for hydroxylation is 1. The molecule has 1 saturated carbocycles. The minimum atomic E-state index is -0.962. The van der Waals surface area contributed by atoms with E-state index in [0.29, 0.717) is 5.92 Å². The first-order valence-corrected chi connectivity index (χ1v) is 6.41. The van der Waals surface area contributed by atoms with Gasteiger partial charge in [0, 0.05) is 12.5 Å². The second kappa shape index (κ2) is 5.48. The maximum absolute atomic E-state index is 11.1. The fourth-order valence-electron chi connectivity index (χ4n) is 2.26. The van der Waals surface area contributed by atoms with Crippen LogP contribution in [0.4, 0.5) is 0 Å². The highest BCUT2D eigenvalue weighted by molar-refractivity contribution is 5.86. The largest absolute Gasteiger partial charge is 0.476 e. The molecule has 2 rings (SSSR count). The molecule has 6 heteroatoms. The lowest BCUT2D eigenvalue weighted by atomic mass is 9.82. The minimum absolute atomic E-state index is 0.143. The van der Waals surface area contributed by atoms with Crippen LogP contribution >= 0.6 is 0 Å². The summed E-state index contributed by atoms with van der Waals surface area (Å²) in [5, 5.41) is 17.0. The van der Waals surface area contributed by atoms with Gasteiger partial charge in [-0.2, -0.15) is 0 Å². The first kappa shape index (κ1) is 13.0. The molecule has 0 aromatic carbocycles. The molecule has 0 spiro atoms. The van der Waals surface area contributed by atoms with Crippen LogP contribution in [0.15, 0.2) is 0 Å². The molecule has 18 heavy (non-hydrogen) atoms. The molecule has 1 aromatic rings. The van der Waals surface area contributed by atoms with Gasteiger partial charge in [-0.25, -0.2) is 9.48 Å². The van der Waals surface area contributed by atoms with E-state index >= 15 is 0 Å². The number of hydrogen-bond acceptors (Lipinski definition) is 4. The zero-order valence-electron chi connectivity index (χ0n) is 11.0. The molecule has 1 N–H and O–H groups in total. The second-order valence-electron chi connectivity index (χ2n) is 5.14. The molecule has 1 aliphatic rings. The second-order valence-corrected chi connectivity index (χ2v) is 5.14. The number of nitrogens with zero attached hydrogens (tertiary/aromatic N) is 4. The summed E-state index contributed by atoms with van der Waals surface area (Å²) in [7, 11) is 4.05. The van der Waals surface area contributed by atoms with Gasteiger partial charge in [-0.1, -0.05) is 11.6 Å². The van der Waals surface area contributed by atoms with Crippen molar-refractivity contribution in [3.63, 3.8) is 0 Å². The van der Waals surface area contributed by atoms with Crippen molar-refractivity contribution < 1.29 is 9.90 Å². The molecule has 0 amide bonds. The lowest BCUT2D eigenvalue weighted by Crippen LogP contribution is -2.20. The van der Waals surface area contributed by atoms with Crippen molar-refractivity contribution in [1.82, 2.24) is 19.9 Å². The molecule has 0 saturated heterocycles. The summed E-state index contributed by atoms with van der Waals surface area (Å²) >= 11 is 0. The van der Waals surface area contributed by atoms with E-state index in [9.17, 15) is 4.79 Å². The van der Waals surface area contributed by atoms with Gasteiger partial charge in [-0.05, 0) is 39.9 Å². The molecule has 0 atom stereocenters. The quantitative estimate of drug-likeness (QED) is 0.823. The molecule has 0 bridgehead atoms. The maximum atomic E-state index is 11.1. The van der Waals surface area contributed by atoms with Crippen molar-refractivity contribution in [1.29, 1.82) is 0 Å². The number of hydrogen-bond donors (Lipinski definition) is 1. The Morgan fingerprint density at radius 3 is 2.72 bits per heavy atom. The molecule has 100 valence electrons. The van der Waals surface area contributed by atoms with Gasteiger partial charge in [-0.15, -0.1) is 5.10 Å². The summed E-state index contributed by atoms with van der Waals surface area (Å²) in [4.78, 5) is 13.2. The molecule has 1 aliphatic carbocycles. The third-order valence-electron chi connectivity index (χ3n) is 3.44. The lowest BCUT2D eigenvalue weighted by molar-refractivity contribution is 0.0687. The Labute approximate surface area is 107 Å². The van der Waals surface area contributed by atoms with Gasteiger partial charge in [0.1, 0.15) is 0 Å². The first-order valence-electron chi connectivity index (χ1n) is 6.41. The average Bonchev–Trinajstić information content (AvgIpc) is 2.59. The number of aromatic nitrogens is 3. The summed E-state index contributed by atoms with van der Waals surface area (Å²) in [6.07, 6.45) is 4.24. The minimum Gasteiger partial charge on any atom is -0.476 e. The van der Waals surface area contributed by atoms with Gasteiger partial charge in [0.05, 0.1) is 5.69 Å². The van der Waals surface area contributed by atoms with Crippen molar-refractivity contribution in [2.45, 2.75) is 38.1 Å². The maximum Gasteiger partial charge on any atom is 0.358 e. The SMILES string of the molecule is CN(C)CCCn1nnc(C(=O)O)c1C1CCC1. The molecule has 0 unspecified atom stereocenters. The predicted octanol–water partition coefficient (Wildman–Crippen LogP) is 1.20. The van der Waals surface area contributed by atoms with E-state index in [1.807, 2.05) is 14.1 Å². The molecule has 1 heterocycles. The van der Waals surface area contributed by atoms with E-state index in [4.69, 9.17) is 5.11 Å². The van der Waals surface area contributed by atoms with Gasteiger partial charge >= 0.3 is 5.97 Å². The Hall–Kier alpha value is -1.43. The Balaban J connectivity index is 2.11. The van der Waals surface area contributed by atoms with Crippen LogP contribution in [0.3, 0.4) is 0 Å². The Morgan fingerprint density at radius 1 is 1.50 bits per heavy atom. The van der Waals surface area contributed by atoms with E-state index in [0.717, 1.165) is 38.0 Å². The molecule has 1 fully saturated rings. The summed E-state index contributed by atoms with van der Waals surface area (Å²) < 4.78 is 1.79. The molecule has 0 radical (unpaired) electrons. The number of carboxylic acid groups (broad SMARTS) is 1. The zero-order valence-corrected chi connectivity index (χ0v) is 11.0. The van der Waals surface area contributed by atoms with E-state index in [-0.39, 0.29) is 5.69 Å². The third kappa shape index (κ3) is 2.69. The summed E-state index contributed by atoms with van der Waals surface area (Å²) in [5.41, 5.74) is 0.969. The van der Waals surface area contributed by atoms with E-state index in [2.05, 4.69) is 15.2 Å². The van der Waals surface area contributed by atoms with Gasteiger partial charge in [0.15, 0.2) is 5.69 Å². The van der Waals surface area contributed by atoms with Crippen LogP contribution in [-0.4, -0.2) is 51.6 Å². The fourth-order valence-corrected chi connectivity index (χ4v) is 2.26. The highest BCUT2D eigenvalue weighted by Crippen LogP contribution is 2.37. The van der Waals surface area contributed by atoms with E-state index < -0.39 is 5.97 Å². The standard InChI is InChI=1S/C12H20N4O2/c1-15(2)7-4-8-16-11(9-5-3-6-9)10(12(17)18)13-14-16/h9H,3-8H2,1-2H3,(H,17,18). The lowest BCUT2D eigenvalue weighted by Gasteiger charge is -2.26. The van der Waals surface area contributed by atoms with Crippen LogP contribution in [0.1, 0.15) is 47.8 Å². The molecular weight excluding hydrogens is 232 g/mol. The van der Waals surface area contributed by atoms with Crippen molar-refractivity contribution >= 4 is 5.97 Å². The van der Waals surface area contributed by atoms with Crippen molar-refractivity contribution in [3.05, 3.63) is 11.4 Å². The van der Waals surface area contributed by atoms with Crippen molar-refractivity contribution in [3.8, 4) is 0 Å². The smallest absolute Gasteiger partial charge is 0.358 e.